The van der Waals surface area contributed by atoms with Gasteiger partial charge in [0.15, 0.2) is 0 Å². The van der Waals surface area contributed by atoms with Crippen molar-refractivity contribution in [3.05, 3.63) is 22.4 Å². The fourth-order valence-corrected chi connectivity index (χ4v) is 5.01. The van der Waals surface area contributed by atoms with E-state index in [2.05, 4.69) is 34.2 Å². The smallest absolute Gasteiger partial charge is 0.237 e. The highest BCUT2D eigenvalue weighted by atomic mass is 32.1. The van der Waals surface area contributed by atoms with Crippen molar-refractivity contribution in [2.45, 2.75) is 64.0 Å². The minimum atomic E-state index is 0.345. The van der Waals surface area contributed by atoms with Crippen LogP contribution >= 0.6 is 11.3 Å². The van der Waals surface area contributed by atoms with Gasteiger partial charge in [0, 0.05) is 23.5 Å². The maximum atomic E-state index is 12.8. The number of rotatable bonds is 5. The summed E-state index contributed by atoms with van der Waals surface area (Å²) in [6.07, 6.45) is 8.73. The highest BCUT2D eigenvalue weighted by Gasteiger charge is 2.31. The van der Waals surface area contributed by atoms with Gasteiger partial charge >= 0.3 is 0 Å². The van der Waals surface area contributed by atoms with Gasteiger partial charge in [0.1, 0.15) is 0 Å². The van der Waals surface area contributed by atoms with E-state index in [-0.39, 0.29) is 0 Å². The van der Waals surface area contributed by atoms with Gasteiger partial charge in [0.25, 0.3) is 0 Å². The molecule has 1 amide bonds. The third-order valence-electron chi connectivity index (χ3n) is 5.25. The zero-order valence-corrected chi connectivity index (χ0v) is 14.5. The van der Waals surface area contributed by atoms with Crippen molar-refractivity contribution in [1.29, 1.82) is 0 Å². The van der Waals surface area contributed by atoms with Gasteiger partial charge in [0.05, 0.1) is 6.54 Å². The number of hydrogen-bond donors (Lipinski definition) is 0. The fraction of sp³-hybridized carbons (Fsp3) is 0.722. The lowest BCUT2D eigenvalue weighted by Crippen LogP contribution is -2.46. The van der Waals surface area contributed by atoms with Crippen molar-refractivity contribution in [3.63, 3.8) is 0 Å². The van der Waals surface area contributed by atoms with Gasteiger partial charge in [-0.1, -0.05) is 25.3 Å². The predicted molar refractivity (Wildman–Crippen MR) is 92.1 cm³/mol. The molecule has 2 fully saturated rings. The number of carbonyl (C=O) groups is 1. The molecule has 3 nitrogen and oxygen atoms in total. The molecule has 1 atom stereocenters. The lowest BCUT2D eigenvalue weighted by molar-refractivity contribution is -0.135. The Labute approximate surface area is 138 Å². The highest BCUT2D eigenvalue weighted by molar-refractivity contribution is 7.10. The Kier molecular flexibility index (Phi) is 5.53. The Hall–Kier alpha value is -0.870. The van der Waals surface area contributed by atoms with Gasteiger partial charge in [0.2, 0.25) is 5.91 Å². The molecule has 1 aromatic rings. The molecule has 2 aliphatic rings. The molecule has 0 N–H and O–H groups in total. The van der Waals surface area contributed by atoms with Gasteiger partial charge in [-0.05, 0) is 50.6 Å². The lowest BCUT2D eigenvalue weighted by atomic mass is 9.94. The van der Waals surface area contributed by atoms with Crippen LogP contribution in [0, 0.1) is 0 Å². The monoisotopic (exact) mass is 320 g/mol. The Morgan fingerprint density at radius 2 is 2.09 bits per heavy atom. The van der Waals surface area contributed by atoms with Crippen molar-refractivity contribution < 1.29 is 4.79 Å². The third-order valence-corrected chi connectivity index (χ3v) is 6.22. The Bertz CT molecular complexity index is 467. The number of carbonyl (C=O) groups excluding carboxylic acids is 1. The van der Waals surface area contributed by atoms with Crippen LogP contribution in [0.25, 0.3) is 0 Å². The predicted octanol–water partition coefficient (Wildman–Crippen LogP) is 4.07. The number of amides is 1. The second-order valence-electron chi connectivity index (χ2n) is 6.62. The van der Waals surface area contributed by atoms with Gasteiger partial charge < -0.3 is 4.90 Å². The second-order valence-corrected chi connectivity index (χ2v) is 7.59. The van der Waals surface area contributed by atoms with Gasteiger partial charge in [-0.2, -0.15) is 0 Å². The Morgan fingerprint density at radius 1 is 1.27 bits per heavy atom. The zero-order valence-electron chi connectivity index (χ0n) is 13.7. The summed E-state index contributed by atoms with van der Waals surface area (Å²) < 4.78 is 0. The SMILES string of the molecule is CCN(C(=O)CN1CCCC1c1cccs1)C1CCCCC1. The first kappa shape index (κ1) is 16.0. The summed E-state index contributed by atoms with van der Waals surface area (Å²) in [5.41, 5.74) is 0. The van der Waals surface area contributed by atoms with Crippen LogP contribution in [0.1, 0.15) is 62.8 Å². The molecule has 0 aromatic carbocycles. The summed E-state index contributed by atoms with van der Waals surface area (Å²) in [6, 6.07) is 5.30. The molecule has 0 radical (unpaired) electrons. The normalized spacial score (nSPS) is 23.8. The largest absolute Gasteiger partial charge is 0.339 e. The van der Waals surface area contributed by atoms with Crippen LogP contribution in [-0.4, -0.2) is 41.4 Å². The van der Waals surface area contributed by atoms with E-state index in [1.807, 2.05) is 11.3 Å². The van der Waals surface area contributed by atoms with Crippen LogP contribution < -0.4 is 0 Å². The molecule has 3 rings (SSSR count). The number of likely N-dealkylation sites (tertiary alicyclic amines) is 1. The number of likely N-dealkylation sites (N-methyl/N-ethyl adjacent to an activating group) is 1. The molecule has 1 saturated heterocycles. The Morgan fingerprint density at radius 3 is 2.77 bits per heavy atom. The lowest BCUT2D eigenvalue weighted by Gasteiger charge is -2.35. The first-order valence-corrected chi connectivity index (χ1v) is 9.74. The first-order valence-electron chi connectivity index (χ1n) is 8.86. The molecular formula is C18H28N2OS. The van der Waals surface area contributed by atoms with Gasteiger partial charge in [-0.15, -0.1) is 11.3 Å². The topological polar surface area (TPSA) is 23.6 Å². The van der Waals surface area contributed by atoms with Crippen LogP contribution in [0.15, 0.2) is 17.5 Å². The molecule has 122 valence electrons. The molecule has 4 heteroatoms. The Balaban J connectivity index is 1.62. The van der Waals surface area contributed by atoms with Gasteiger partial charge in [-0.25, -0.2) is 0 Å². The molecule has 1 aliphatic carbocycles. The van der Waals surface area contributed by atoms with Crippen molar-refractivity contribution in [3.8, 4) is 0 Å². The van der Waals surface area contributed by atoms with Crippen LogP contribution in [0.2, 0.25) is 0 Å². The van der Waals surface area contributed by atoms with Crippen LogP contribution in [0.4, 0.5) is 0 Å². The van der Waals surface area contributed by atoms with Crippen LogP contribution in [0.5, 0.6) is 0 Å². The molecular weight excluding hydrogens is 292 g/mol. The highest BCUT2D eigenvalue weighted by Crippen LogP contribution is 2.34. The summed E-state index contributed by atoms with van der Waals surface area (Å²) in [6.45, 7) is 4.66. The molecule has 0 bridgehead atoms. The average molecular weight is 321 g/mol. The zero-order chi connectivity index (χ0) is 15.4. The molecule has 0 spiro atoms. The van der Waals surface area contributed by atoms with E-state index < -0.39 is 0 Å². The molecule has 22 heavy (non-hydrogen) atoms. The molecule has 1 aromatic heterocycles. The van der Waals surface area contributed by atoms with Crippen molar-refractivity contribution >= 4 is 17.2 Å². The average Bonchev–Trinajstić information content (AvgIpc) is 3.20. The summed E-state index contributed by atoms with van der Waals surface area (Å²) in [5.74, 6) is 0.345. The van der Waals surface area contributed by atoms with E-state index in [0.29, 0.717) is 24.5 Å². The van der Waals surface area contributed by atoms with Crippen LogP contribution in [0.3, 0.4) is 0 Å². The molecule has 1 aliphatic heterocycles. The number of hydrogen-bond acceptors (Lipinski definition) is 3. The third kappa shape index (κ3) is 3.54. The summed E-state index contributed by atoms with van der Waals surface area (Å²) in [5, 5.41) is 2.15. The van der Waals surface area contributed by atoms with Crippen molar-refractivity contribution in [1.82, 2.24) is 9.80 Å². The minimum absolute atomic E-state index is 0.345. The van der Waals surface area contributed by atoms with Gasteiger partial charge in [-0.3, -0.25) is 9.69 Å². The number of thiophene rings is 1. The maximum absolute atomic E-state index is 12.8. The van der Waals surface area contributed by atoms with E-state index in [1.165, 1.54) is 49.8 Å². The number of nitrogens with zero attached hydrogens (tertiary/aromatic N) is 2. The maximum Gasteiger partial charge on any atom is 0.237 e. The molecule has 1 unspecified atom stereocenters. The molecule has 1 saturated carbocycles. The first-order chi connectivity index (χ1) is 10.8. The standard InChI is InChI=1S/C18H28N2OS/c1-2-20(15-8-4-3-5-9-15)18(21)14-19-12-6-10-16(19)17-11-7-13-22-17/h7,11,13,15-16H,2-6,8-10,12,14H2,1H3. The van der Waals surface area contributed by atoms with E-state index in [4.69, 9.17) is 0 Å². The minimum Gasteiger partial charge on any atom is -0.339 e. The second kappa shape index (κ2) is 7.60. The fourth-order valence-electron chi connectivity index (χ4n) is 4.11. The van der Waals surface area contributed by atoms with E-state index in [0.717, 1.165) is 13.1 Å². The molecule has 2 heterocycles. The quantitative estimate of drug-likeness (QED) is 0.816. The van der Waals surface area contributed by atoms with Crippen molar-refractivity contribution in [2.75, 3.05) is 19.6 Å². The summed E-state index contributed by atoms with van der Waals surface area (Å²) in [7, 11) is 0. The van der Waals surface area contributed by atoms with Crippen LogP contribution in [-0.2, 0) is 4.79 Å². The summed E-state index contributed by atoms with van der Waals surface area (Å²) in [4.78, 5) is 18.8. The van der Waals surface area contributed by atoms with E-state index in [9.17, 15) is 4.79 Å². The summed E-state index contributed by atoms with van der Waals surface area (Å²) >= 11 is 1.83. The van der Waals surface area contributed by atoms with Crippen molar-refractivity contribution in [2.24, 2.45) is 0 Å². The van der Waals surface area contributed by atoms with E-state index >= 15 is 0 Å². The van der Waals surface area contributed by atoms with E-state index in [1.54, 1.807) is 0 Å².